The van der Waals surface area contributed by atoms with E-state index in [0.29, 0.717) is 12.2 Å². The van der Waals surface area contributed by atoms with E-state index in [4.69, 9.17) is 4.74 Å². The van der Waals surface area contributed by atoms with Crippen LogP contribution in [0.25, 0.3) is 0 Å². The van der Waals surface area contributed by atoms with Gasteiger partial charge < -0.3 is 21.5 Å². The fourth-order valence-corrected chi connectivity index (χ4v) is 3.13. The van der Waals surface area contributed by atoms with Gasteiger partial charge in [0.05, 0.1) is 12.2 Å². The van der Waals surface area contributed by atoms with Gasteiger partial charge in [0.2, 0.25) is 0 Å². The van der Waals surface area contributed by atoms with E-state index in [-0.39, 0.29) is 51.4 Å². The Bertz CT molecular complexity index is 224. The van der Waals surface area contributed by atoms with Crippen LogP contribution in [0.1, 0.15) is 39.0 Å². The summed E-state index contributed by atoms with van der Waals surface area (Å²) < 4.78 is 6.28. The summed E-state index contributed by atoms with van der Waals surface area (Å²) in [5.41, 5.74) is 0. The molecule has 0 atom stereocenters. The van der Waals surface area contributed by atoms with Crippen molar-refractivity contribution in [3.63, 3.8) is 0 Å². The molecule has 0 N–H and O–H groups in total. The van der Waals surface area contributed by atoms with E-state index in [2.05, 4.69) is 23.6 Å². The number of ether oxygens (including phenoxy) is 1. The molecule has 0 amide bonds. The van der Waals surface area contributed by atoms with Gasteiger partial charge in [0.15, 0.2) is 0 Å². The third-order valence-corrected chi connectivity index (χ3v) is 4.31. The number of nitrogens with zero attached hydrogens (tertiary/aromatic N) is 2. The van der Waals surface area contributed by atoms with Crippen molar-refractivity contribution in [1.82, 2.24) is 9.80 Å². The summed E-state index contributed by atoms with van der Waals surface area (Å²) in [4.78, 5) is 4.99. The van der Waals surface area contributed by atoms with Gasteiger partial charge in [-0.3, -0.25) is 0 Å². The standard InChI is InChI=1S/C15H29N2O.K/c1-3-9-17-12-7-15(8-13-17)18-14-5-10-16(4-2)11-6-14;/h14-15H,2-13H2,1H3;/q-1;+1. The maximum atomic E-state index is 6.28. The Morgan fingerprint density at radius 1 is 0.947 bits per heavy atom. The molecule has 0 radical (unpaired) electrons. The van der Waals surface area contributed by atoms with Crippen LogP contribution in [0, 0.1) is 6.92 Å². The van der Waals surface area contributed by atoms with Gasteiger partial charge in [0, 0.05) is 13.1 Å². The maximum Gasteiger partial charge on any atom is 1.00 e. The molecule has 2 saturated heterocycles. The molecule has 2 fully saturated rings. The van der Waals surface area contributed by atoms with Gasteiger partial charge in [0.1, 0.15) is 0 Å². The van der Waals surface area contributed by atoms with Gasteiger partial charge in [0.25, 0.3) is 0 Å². The molecule has 2 heterocycles. The second-order valence-electron chi connectivity index (χ2n) is 5.72. The maximum absolute atomic E-state index is 6.28. The summed E-state index contributed by atoms with van der Waals surface area (Å²) in [6, 6.07) is 0. The van der Waals surface area contributed by atoms with E-state index in [1.54, 1.807) is 0 Å². The zero-order valence-corrected chi connectivity index (χ0v) is 16.1. The first-order valence-corrected chi connectivity index (χ1v) is 7.71. The van der Waals surface area contributed by atoms with Crippen molar-refractivity contribution in [2.45, 2.75) is 51.2 Å². The summed E-state index contributed by atoms with van der Waals surface area (Å²) in [6.07, 6.45) is 7.17. The molecule has 0 aliphatic carbocycles. The Morgan fingerprint density at radius 2 is 1.42 bits per heavy atom. The van der Waals surface area contributed by atoms with E-state index < -0.39 is 0 Å². The Balaban J connectivity index is 0.00000180. The van der Waals surface area contributed by atoms with Crippen molar-refractivity contribution >= 4 is 0 Å². The molecule has 3 nitrogen and oxygen atoms in total. The minimum atomic E-state index is 0. The van der Waals surface area contributed by atoms with Crippen LogP contribution in [0.2, 0.25) is 0 Å². The molecule has 0 bridgehead atoms. The number of hydrogen-bond donors (Lipinski definition) is 0. The van der Waals surface area contributed by atoms with Crippen molar-refractivity contribution < 1.29 is 56.1 Å². The monoisotopic (exact) mass is 292 g/mol. The van der Waals surface area contributed by atoms with E-state index in [1.807, 2.05) is 0 Å². The van der Waals surface area contributed by atoms with Gasteiger partial charge in [-0.05, 0) is 51.7 Å². The minimum Gasteiger partial charge on any atom is -0.375 e. The van der Waals surface area contributed by atoms with Crippen LogP contribution in [0.3, 0.4) is 0 Å². The smallest absolute Gasteiger partial charge is 0.375 e. The second-order valence-corrected chi connectivity index (χ2v) is 5.72. The Hall–Kier alpha value is 1.52. The molecule has 2 rings (SSSR count). The largest absolute Gasteiger partial charge is 1.00 e. The quantitative estimate of drug-likeness (QED) is 0.486. The Morgan fingerprint density at radius 3 is 1.84 bits per heavy atom. The van der Waals surface area contributed by atoms with Crippen molar-refractivity contribution in [2.75, 3.05) is 39.3 Å². The zero-order chi connectivity index (χ0) is 12.8. The van der Waals surface area contributed by atoms with Crippen LogP contribution in [0.4, 0.5) is 0 Å². The van der Waals surface area contributed by atoms with Crippen molar-refractivity contribution in [3.05, 3.63) is 6.92 Å². The SMILES string of the molecule is [CH2-]CN1CCC(OC2CCN(CCC)CC2)CC1.[K+]. The fraction of sp³-hybridized carbons (Fsp3) is 0.933. The summed E-state index contributed by atoms with van der Waals surface area (Å²) in [5, 5.41) is 0. The number of piperidine rings is 2. The molecule has 2 aliphatic heterocycles. The summed E-state index contributed by atoms with van der Waals surface area (Å²) in [6.45, 7) is 13.2. The van der Waals surface area contributed by atoms with E-state index in [1.165, 1.54) is 64.8 Å². The first-order valence-electron chi connectivity index (χ1n) is 7.71. The molecule has 0 unspecified atom stereocenters. The van der Waals surface area contributed by atoms with Gasteiger partial charge >= 0.3 is 51.4 Å². The topological polar surface area (TPSA) is 15.7 Å². The second kappa shape index (κ2) is 10.3. The molecular formula is C15H29KN2O. The molecule has 0 spiro atoms. The van der Waals surface area contributed by atoms with Crippen molar-refractivity contribution in [2.24, 2.45) is 0 Å². The molecule has 4 heteroatoms. The molecule has 19 heavy (non-hydrogen) atoms. The van der Waals surface area contributed by atoms with Crippen LogP contribution in [-0.2, 0) is 4.74 Å². The van der Waals surface area contributed by atoms with E-state index in [0.717, 1.165) is 6.54 Å². The van der Waals surface area contributed by atoms with Gasteiger partial charge in [-0.1, -0.05) is 6.92 Å². The van der Waals surface area contributed by atoms with Crippen LogP contribution < -0.4 is 51.4 Å². The number of rotatable bonds is 5. The predicted molar refractivity (Wildman–Crippen MR) is 75.7 cm³/mol. The normalized spacial score (nSPS) is 24.3. The van der Waals surface area contributed by atoms with Crippen molar-refractivity contribution in [1.29, 1.82) is 0 Å². The molecule has 0 aromatic carbocycles. The third-order valence-electron chi connectivity index (χ3n) is 4.31. The first-order chi connectivity index (χ1) is 8.81. The molecule has 0 aromatic rings. The molecule has 0 aromatic heterocycles. The molecular weight excluding hydrogens is 263 g/mol. The van der Waals surface area contributed by atoms with Crippen LogP contribution in [0.5, 0.6) is 0 Å². The van der Waals surface area contributed by atoms with E-state index >= 15 is 0 Å². The van der Waals surface area contributed by atoms with Crippen LogP contribution in [-0.4, -0.2) is 61.3 Å². The van der Waals surface area contributed by atoms with Gasteiger partial charge in [-0.25, -0.2) is 0 Å². The van der Waals surface area contributed by atoms with Crippen LogP contribution >= 0.6 is 0 Å². The summed E-state index contributed by atoms with van der Waals surface area (Å²) in [5.74, 6) is 0. The predicted octanol–water partition coefficient (Wildman–Crippen LogP) is -0.820. The number of likely N-dealkylation sites (tertiary alicyclic amines) is 2. The zero-order valence-electron chi connectivity index (χ0n) is 12.9. The molecule has 0 saturated carbocycles. The minimum absolute atomic E-state index is 0. The fourth-order valence-electron chi connectivity index (χ4n) is 3.13. The molecule has 2 aliphatic rings. The van der Waals surface area contributed by atoms with Crippen molar-refractivity contribution in [3.8, 4) is 0 Å². The number of hydrogen-bond acceptors (Lipinski definition) is 3. The molecule has 106 valence electrons. The van der Waals surface area contributed by atoms with Gasteiger partial charge in [-0.2, -0.15) is 0 Å². The van der Waals surface area contributed by atoms with E-state index in [9.17, 15) is 0 Å². The summed E-state index contributed by atoms with van der Waals surface area (Å²) >= 11 is 0. The Kier molecular flexibility index (Phi) is 10.0. The average Bonchev–Trinajstić information content (AvgIpc) is 2.42. The Labute approximate surface area is 161 Å². The van der Waals surface area contributed by atoms with Crippen LogP contribution in [0.15, 0.2) is 0 Å². The third kappa shape index (κ3) is 6.43. The average molecular weight is 293 g/mol. The summed E-state index contributed by atoms with van der Waals surface area (Å²) in [7, 11) is 0. The first kappa shape index (κ1) is 18.6. The van der Waals surface area contributed by atoms with Gasteiger partial charge in [-0.15, -0.1) is 6.54 Å².